The Morgan fingerprint density at radius 3 is 2.20 bits per heavy atom. The van der Waals surface area contributed by atoms with Gasteiger partial charge in [0.1, 0.15) is 0 Å². The van der Waals surface area contributed by atoms with Gasteiger partial charge in [0.05, 0.1) is 6.20 Å². The largest absolute Gasteiger partial charge is 0.365 e. The van der Waals surface area contributed by atoms with E-state index in [0.717, 1.165) is 12.8 Å². The number of hydrogen-bond acceptors (Lipinski definition) is 2. The molecule has 0 saturated heterocycles. The van der Waals surface area contributed by atoms with Crippen molar-refractivity contribution < 1.29 is 17.6 Å². The van der Waals surface area contributed by atoms with Crippen LogP contribution in [0.15, 0.2) is 24.7 Å². The van der Waals surface area contributed by atoms with E-state index >= 15 is 0 Å². The molecule has 2 aliphatic rings. The SMILES string of the molecule is C=C(F)N/C(F)=C/N(C1CCC(F)(F)CC1)C1(C)CC1. The molecule has 2 saturated carbocycles. The van der Waals surface area contributed by atoms with Crippen molar-refractivity contribution >= 4 is 0 Å². The Hall–Kier alpha value is -1.20. The molecule has 0 aliphatic heterocycles. The van der Waals surface area contributed by atoms with Crippen LogP contribution in [0.25, 0.3) is 0 Å². The van der Waals surface area contributed by atoms with E-state index < -0.39 is 17.8 Å². The zero-order valence-corrected chi connectivity index (χ0v) is 11.6. The summed E-state index contributed by atoms with van der Waals surface area (Å²) in [6.07, 6.45) is 3.27. The van der Waals surface area contributed by atoms with Crippen LogP contribution in [0.4, 0.5) is 17.6 Å². The molecule has 2 fully saturated rings. The highest BCUT2D eigenvalue weighted by Gasteiger charge is 2.47. The lowest BCUT2D eigenvalue weighted by Crippen LogP contribution is -2.44. The van der Waals surface area contributed by atoms with E-state index in [9.17, 15) is 17.6 Å². The highest BCUT2D eigenvalue weighted by molar-refractivity contribution is 5.10. The quantitative estimate of drug-likeness (QED) is 0.603. The maximum absolute atomic E-state index is 13.6. The third-order valence-corrected chi connectivity index (χ3v) is 4.18. The lowest BCUT2D eigenvalue weighted by Gasteiger charge is -2.40. The normalized spacial score (nSPS) is 25.1. The average molecular weight is 292 g/mol. The van der Waals surface area contributed by atoms with Crippen LogP contribution in [-0.4, -0.2) is 22.4 Å². The van der Waals surface area contributed by atoms with Gasteiger partial charge in [-0.05, 0) is 39.2 Å². The van der Waals surface area contributed by atoms with E-state index in [0.29, 0.717) is 12.8 Å². The fourth-order valence-electron chi connectivity index (χ4n) is 2.73. The van der Waals surface area contributed by atoms with Gasteiger partial charge >= 0.3 is 0 Å². The smallest absolute Gasteiger partial charge is 0.248 e. The summed E-state index contributed by atoms with van der Waals surface area (Å²) in [4.78, 5) is 1.79. The van der Waals surface area contributed by atoms with Gasteiger partial charge in [0.15, 0.2) is 5.95 Å². The summed E-state index contributed by atoms with van der Waals surface area (Å²) in [6.45, 7) is 4.90. The van der Waals surface area contributed by atoms with Gasteiger partial charge < -0.3 is 10.2 Å². The Bertz CT molecular complexity index is 405. The third-order valence-electron chi connectivity index (χ3n) is 4.18. The summed E-state index contributed by atoms with van der Waals surface area (Å²) < 4.78 is 52.6. The predicted molar refractivity (Wildman–Crippen MR) is 69.3 cm³/mol. The lowest BCUT2D eigenvalue weighted by molar-refractivity contribution is -0.0535. The summed E-state index contributed by atoms with van der Waals surface area (Å²) in [5, 5.41) is 1.87. The number of alkyl halides is 2. The number of rotatable bonds is 5. The summed E-state index contributed by atoms with van der Waals surface area (Å²) in [5.74, 6) is -4.43. The van der Waals surface area contributed by atoms with Crippen molar-refractivity contribution in [1.29, 1.82) is 0 Å². The third kappa shape index (κ3) is 3.67. The number of hydrogen-bond donors (Lipinski definition) is 1. The Labute approximate surface area is 116 Å². The van der Waals surface area contributed by atoms with Crippen LogP contribution in [0.1, 0.15) is 45.4 Å². The van der Waals surface area contributed by atoms with Crippen LogP contribution in [-0.2, 0) is 0 Å². The van der Waals surface area contributed by atoms with Gasteiger partial charge in [-0.1, -0.05) is 0 Å². The Morgan fingerprint density at radius 1 is 1.20 bits per heavy atom. The highest BCUT2D eigenvalue weighted by atomic mass is 19.3. The zero-order valence-electron chi connectivity index (χ0n) is 11.6. The first-order chi connectivity index (χ1) is 9.22. The molecule has 0 bridgehead atoms. The Morgan fingerprint density at radius 2 is 1.75 bits per heavy atom. The van der Waals surface area contributed by atoms with E-state index in [1.165, 1.54) is 6.20 Å². The molecule has 0 aromatic rings. The van der Waals surface area contributed by atoms with Gasteiger partial charge in [-0.15, -0.1) is 0 Å². The zero-order chi connectivity index (χ0) is 15.0. The first-order valence-electron chi connectivity index (χ1n) is 6.87. The molecule has 0 amide bonds. The van der Waals surface area contributed by atoms with Crippen molar-refractivity contribution in [3.8, 4) is 0 Å². The van der Waals surface area contributed by atoms with Crippen LogP contribution in [0.3, 0.4) is 0 Å². The maximum Gasteiger partial charge on any atom is 0.248 e. The van der Waals surface area contributed by atoms with Gasteiger partial charge in [0.25, 0.3) is 0 Å². The number of nitrogens with one attached hydrogen (secondary N) is 1. The lowest BCUT2D eigenvalue weighted by atomic mass is 9.90. The molecular formula is C14H20F4N2. The van der Waals surface area contributed by atoms with E-state index in [2.05, 4.69) is 6.58 Å². The molecule has 1 N–H and O–H groups in total. The van der Waals surface area contributed by atoms with Crippen molar-refractivity contribution in [2.24, 2.45) is 0 Å². The van der Waals surface area contributed by atoms with Crippen LogP contribution in [0.5, 0.6) is 0 Å². The van der Waals surface area contributed by atoms with Crippen molar-refractivity contribution in [2.45, 2.75) is 63.0 Å². The molecule has 0 unspecified atom stereocenters. The molecule has 2 nitrogen and oxygen atoms in total. The van der Waals surface area contributed by atoms with E-state index in [1.54, 1.807) is 4.90 Å². The maximum atomic E-state index is 13.6. The standard InChI is InChI=1S/C14H20F4N2/c1-10(15)19-12(16)9-20(13(2)7-8-13)11-3-5-14(17,18)6-4-11/h9,11,19H,1,3-8H2,2H3/b12-9+. The molecule has 6 heteroatoms. The Kier molecular flexibility index (Phi) is 4.02. The molecular weight excluding hydrogens is 272 g/mol. The molecule has 114 valence electrons. The van der Waals surface area contributed by atoms with E-state index in [1.807, 2.05) is 12.2 Å². The minimum atomic E-state index is -2.61. The van der Waals surface area contributed by atoms with E-state index in [4.69, 9.17) is 0 Å². The fraction of sp³-hybridized carbons (Fsp3) is 0.714. The number of nitrogens with zero attached hydrogens (tertiary/aromatic N) is 1. The second kappa shape index (κ2) is 5.30. The van der Waals surface area contributed by atoms with Crippen LogP contribution < -0.4 is 5.32 Å². The molecule has 0 radical (unpaired) electrons. The molecule has 0 spiro atoms. The van der Waals surface area contributed by atoms with Crippen LogP contribution >= 0.6 is 0 Å². The molecule has 20 heavy (non-hydrogen) atoms. The minimum Gasteiger partial charge on any atom is -0.365 e. The van der Waals surface area contributed by atoms with E-state index in [-0.39, 0.29) is 24.4 Å². The fourth-order valence-corrected chi connectivity index (χ4v) is 2.73. The second-order valence-corrected chi connectivity index (χ2v) is 6.00. The van der Waals surface area contributed by atoms with Gasteiger partial charge in [-0.25, -0.2) is 8.78 Å². The molecule has 0 atom stereocenters. The van der Waals surface area contributed by atoms with Gasteiger partial charge in [-0.3, -0.25) is 0 Å². The minimum absolute atomic E-state index is 0.123. The van der Waals surface area contributed by atoms with Crippen molar-refractivity contribution in [3.63, 3.8) is 0 Å². The molecule has 2 rings (SSSR count). The monoisotopic (exact) mass is 292 g/mol. The summed E-state index contributed by atoms with van der Waals surface area (Å²) in [7, 11) is 0. The second-order valence-electron chi connectivity index (χ2n) is 6.00. The molecule has 2 aliphatic carbocycles. The van der Waals surface area contributed by atoms with Crippen molar-refractivity contribution in [2.75, 3.05) is 0 Å². The summed E-state index contributed by atoms with van der Waals surface area (Å²) in [6, 6.07) is -0.123. The molecule has 0 heterocycles. The molecule has 0 aromatic carbocycles. The number of halogens is 4. The van der Waals surface area contributed by atoms with Gasteiger partial charge in [0.2, 0.25) is 11.9 Å². The molecule has 0 aromatic heterocycles. The van der Waals surface area contributed by atoms with Gasteiger partial charge in [-0.2, -0.15) is 8.78 Å². The highest BCUT2D eigenvalue weighted by Crippen LogP contribution is 2.46. The summed E-state index contributed by atoms with van der Waals surface area (Å²) >= 11 is 0. The van der Waals surface area contributed by atoms with Crippen molar-refractivity contribution in [1.82, 2.24) is 10.2 Å². The first-order valence-corrected chi connectivity index (χ1v) is 6.87. The van der Waals surface area contributed by atoms with Crippen LogP contribution in [0.2, 0.25) is 0 Å². The summed E-state index contributed by atoms with van der Waals surface area (Å²) in [5.41, 5.74) is -0.200. The van der Waals surface area contributed by atoms with Crippen LogP contribution in [0, 0.1) is 0 Å². The first kappa shape index (κ1) is 15.2. The van der Waals surface area contributed by atoms with Gasteiger partial charge in [0, 0.05) is 24.4 Å². The average Bonchev–Trinajstić information content (AvgIpc) is 3.05. The van der Waals surface area contributed by atoms with Crippen molar-refractivity contribution in [3.05, 3.63) is 24.7 Å². The topological polar surface area (TPSA) is 15.3 Å². The predicted octanol–water partition coefficient (Wildman–Crippen LogP) is 4.22. The Balaban J connectivity index is 2.07.